The lowest BCUT2D eigenvalue weighted by molar-refractivity contribution is 0.960. The Labute approximate surface area is 87.7 Å². The molecule has 0 spiro atoms. The van der Waals surface area contributed by atoms with Gasteiger partial charge in [-0.15, -0.1) is 0 Å². The summed E-state index contributed by atoms with van der Waals surface area (Å²) in [4.78, 5) is 12.0. The van der Waals surface area contributed by atoms with E-state index in [4.69, 9.17) is 11.6 Å². The van der Waals surface area contributed by atoms with E-state index in [-0.39, 0.29) is 0 Å². The Bertz CT molecular complexity index is 414. The molecule has 0 amide bonds. The number of aromatic nitrogens is 4. The van der Waals surface area contributed by atoms with Crippen molar-refractivity contribution in [2.75, 3.05) is 0 Å². The van der Waals surface area contributed by atoms with Gasteiger partial charge in [-0.2, -0.15) is 0 Å². The first-order valence-electron chi connectivity index (χ1n) is 3.44. The molecule has 0 saturated heterocycles. The molecule has 0 atom stereocenters. The maximum Gasteiger partial charge on any atom is 0.177 e. The van der Waals surface area contributed by atoms with Crippen molar-refractivity contribution < 1.29 is 0 Å². The molecule has 0 bridgehead atoms. The molecule has 13 heavy (non-hydrogen) atoms. The van der Waals surface area contributed by atoms with E-state index in [9.17, 15) is 0 Å². The average molecular weight is 259 g/mol. The molecule has 2 aromatic rings. The van der Waals surface area contributed by atoms with Gasteiger partial charge < -0.3 is 0 Å². The molecule has 0 aromatic carbocycles. The third kappa shape index (κ3) is 1.71. The second-order valence-corrected chi connectivity index (χ2v) is 3.45. The van der Waals surface area contributed by atoms with Crippen LogP contribution in [0.2, 0.25) is 5.15 Å². The van der Waals surface area contributed by atoms with E-state index < -0.39 is 0 Å². The maximum absolute atomic E-state index is 5.84. The van der Waals surface area contributed by atoms with Gasteiger partial charge in [-0.25, -0.2) is 15.0 Å². The molecule has 6 heteroatoms. The zero-order valence-corrected chi connectivity index (χ0v) is 8.70. The Balaban J connectivity index is 2.57. The Morgan fingerprint density at radius 1 is 1.46 bits per heavy atom. The van der Waals surface area contributed by atoms with Crippen molar-refractivity contribution in [2.24, 2.45) is 0 Å². The molecular weight excluding hydrogens is 255 g/mol. The lowest BCUT2D eigenvalue weighted by Crippen LogP contribution is -1.97. The van der Waals surface area contributed by atoms with Crippen LogP contribution in [0.3, 0.4) is 0 Å². The van der Waals surface area contributed by atoms with Gasteiger partial charge in [-0.05, 0) is 15.9 Å². The van der Waals surface area contributed by atoms with Crippen LogP contribution >= 0.6 is 27.5 Å². The van der Waals surface area contributed by atoms with Crippen LogP contribution in [-0.2, 0) is 0 Å². The Kier molecular flexibility index (Phi) is 2.28. The number of hydrogen-bond acceptors (Lipinski definition) is 3. The molecule has 0 N–H and O–H groups in total. The summed E-state index contributed by atoms with van der Waals surface area (Å²) in [5.41, 5.74) is 0. The van der Waals surface area contributed by atoms with Gasteiger partial charge in [0.25, 0.3) is 0 Å². The number of imidazole rings is 1. The lowest BCUT2D eigenvalue weighted by atomic mass is 10.6. The first kappa shape index (κ1) is 8.65. The Morgan fingerprint density at radius 3 is 3.00 bits per heavy atom. The molecular formula is C7H4BrClN4. The van der Waals surface area contributed by atoms with Gasteiger partial charge in [0.2, 0.25) is 0 Å². The van der Waals surface area contributed by atoms with Crippen molar-refractivity contribution in [1.82, 2.24) is 19.5 Å². The fraction of sp³-hybridized carbons (Fsp3) is 0. The minimum absolute atomic E-state index is 0.348. The highest BCUT2D eigenvalue weighted by Crippen LogP contribution is 2.17. The highest BCUT2D eigenvalue weighted by Gasteiger charge is 2.05. The summed E-state index contributed by atoms with van der Waals surface area (Å²) in [5.74, 6) is 0.563. The number of halogens is 2. The summed E-state index contributed by atoms with van der Waals surface area (Å²) in [7, 11) is 0. The summed E-state index contributed by atoms with van der Waals surface area (Å²) >= 11 is 9.06. The first-order valence-corrected chi connectivity index (χ1v) is 4.61. The molecule has 0 unspecified atom stereocenters. The van der Waals surface area contributed by atoms with Gasteiger partial charge in [-0.1, -0.05) is 11.6 Å². The third-order valence-electron chi connectivity index (χ3n) is 1.43. The second kappa shape index (κ2) is 3.43. The van der Waals surface area contributed by atoms with Gasteiger partial charge in [-0.3, -0.25) is 4.57 Å². The predicted molar refractivity (Wildman–Crippen MR) is 51.9 cm³/mol. The third-order valence-corrected chi connectivity index (χ3v) is 2.08. The lowest BCUT2D eigenvalue weighted by Gasteiger charge is -2.02. The fourth-order valence-corrected chi connectivity index (χ4v) is 1.35. The van der Waals surface area contributed by atoms with Crippen LogP contribution in [0.5, 0.6) is 0 Å². The van der Waals surface area contributed by atoms with E-state index in [1.54, 1.807) is 29.5 Å². The molecule has 0 aliphatic rings. The van der Waals surface area contributed by atoms with Crippen molar-refractivity contribution in [3.63, 3.8) is 0 Å². The van der Waals surface area contributed by atoms with Gasteiger partial charge >= 0.3 is 0 Å². The van der Waals surface area contributed by atoms with Crippen LogP contribution in [0.4, 0.5) is 0 Å². The number of hydrogen-bond donors (Lipinski definition) is 0. The van der Waals surface area contributed by atoms with Gasteiger partial charge in [0.1, 0.15) is 10.9 Å². The molecule has 0 aliphatic carbocycles. The quantitative estimate of drug-likeness (QED) is 0.787. The van der Waals surface area contributed by atoms with Crippen molar-refractivity contribution >= 4 is 27.5 Å². The molecule has 2 rings (SSSR count). The normalized spacial score (nSPS) is 10.3. The van der Waals surface area contributed by atoms with E-state index in [0.29, 0.717) is 15.6 Å². The van der Waals surface area contributed by atoms with E-state index >= 15 is 0 Å². The standard InChI is InChI=1S/C7H4BrClN4/c8-5-3-11-6(9)7(12-5)13-2-1-10-4-13/h1-4H. The monoisotopic (exact) mass is 258 g/mol. The summed E-state index contributed by atoms with van der Waals surface area (Å²) in [6.07, 6.45) is 6.56. The van der Waals surface area contributed by atoms with E-state index in [1.807, 2.05) is 0 Å². The van der Waals surface area contributed by atoms with Crippen molar-refractivity contribution in [2.45, 2.75) is 0 Å². The zero-order chi connectivity index (χ0) is 9.26. The SMILES string of the molecule is Clc1ncc(Br)nc1-n1ccnc1. The molecule has 0 radical (unpaired) electrons. The number of nitrogens with zero attached hydrogens (tertiary/aromatic N) is 4. The summed E-state index contributed by atoms with van der Waals surface area (Å²) in [6, 6.07) is 0. The Hall–Kier alpha value is -0.940. The number of rotatable bonds is 1. The molecule has 2 aromatic heterocycles. The van der Waals surface area contributed by atoms with Crippen LogP contribution in [0, 0.1) is 0 Å². The van der Waals surface area contributed by atoms with Gasteiger partial charge in [0, 0.05) is 12.4 Å². The van der Waals surface area contributed by atoms with Crippen LogP contribution in [0.15, 0.2) is 29.5 Å². The van der Waals surface area contributed by atoms with Crippen molar-refractivity contribution in [1.29, 1.82) is 0 Å². The Morgan fingerprint density at radius 2 is 2.31 bits per heavy atom. The largest absolute Gasteiger partial charge is 0.288 e. The average Bonchev–Trinajstić information content (AvgIpc) is 2.61. The predicted octanol–water partition coefficient (Wildman–Crippen LogP) is 2.08. The summed E-state index contributed by atoms with van der Waals surface area (Å²) in [5, 5.41) is 0.348. The minimum Gasteiger partial charge on any atom is -0.288 e. The summed E-state index contributed by atoms with van der Waals surface area (Å²) in [6.45, 7) is 0. The molecule has 0 aliphatic heterocycles. The van der Waals surface area contributed by atoms with E-state index in [0.717, 1.165) is 0 Å². The molecule has 66 valence electrons. The minimum atomic E-state index is 0.348. The van der Waals surface area contributed by atoms with Crippen LogP contribution in [0.1, 0.15) is 0 Å². The molecule has 0 fully saturated rings. The topological polar surface area (TPSA) is 43.6 Å². The van der Waals surface area contributed by atoms with Gasteiger partial charge in [0.05, 0.1) is 6.20 Å². The smallest absolute Gasteiger partial charge is 0.177 e. The fourth-order valence-electron chi connectivity index (χ4n) is 0.893. The second-order valence-electron chi connectivity index (χ2n) is 2.28. The van der Waals surface area contributed by atoms with Gasteiger partial charge in [0.15, 0.2) is 11.0 Å². The first-order chi connectivity index (χ1) is 6.27. The van der Waals surface area contributed by atoms with E-state index in [2.05, 4.69) is 30.9 Å². The van der Waals surface area contributed by atoms with Crippen LogP contribution < -0.4 is 0 Å². The van der Waals surface area contributed by atoms with Crippen LogP contribution in [0.25, 0.3) is 5.82 Å². The zero-order valence-electron chi connectivity index (χ0n) is 6.35. The van der Waals surface area contributed by atoms with Crippen LogP contribution in [-0.4, -0.2) is 19.5 Å². The van der Waals surface area contributed by atoms with E-state index in [1.165, 1.54) is 0 Å². The van der Waals surface area contributed by atoms with Crippen molar-refractivity contribution in [3.05, 3.63) is 34.7 Å². The molecule has 4 nitrogen and oxygen atoms in total. The van der Waals surface area contributed by atoms with Crippen molar-refractivity contribution in [3.8, 4) is 5.82 Å². The molecule has 0 saturated carbocycles. The highest BCUT2D eigenvalue weighted by molar-refractivity contribution is 9.10. The highest BCUT2D eigenvalue weighted by atomic mass is 79.9. The molecule has 2 heterocycles. The maximum atomic E-state index is 5.84. The summed E-state index contributed by atoms with van der Waals surface area (Å²) < 4.78 is 2.33.